The molecule has 0 unspecified atom stereocenters. The Hall–Kier alpha value is -2.12. The number of hydrogen-bond donors (Lipinski definition) is 3. The molecule has 0 radical (unpaired) electrons. The van der Waals surface area contributed by atoms with Crippen molar-refractivity contribution in [2.75, 3.05) is 0 Å². The number of nitrogens with one attached hydrogen (secondary N) is 3. The van der Waals surface area contributed by atoms with Crippen LogP contribution in [-0.2, 0) is 21.0 Å². The van der Waals surface area contributed by atoms with E-state index in [4.69, 9.17) is 9.68 Å². The number of amides is 2. The Labute approximate surface area is 143 Å². The van der Waals surface area contributed by atoms with Crippen molar-refractivity contribution in [3.63, 3.8) is 0 Å². The number of carbonyl (C=O) groups excluding carboxylic acids is 2. The number of alkyl carbamates (subject to hydrolysis) is 1. The van der Waals surface area contributed by atoms with E-state index in [1.165, 1.54) is 0 Å². The first kappa shape index (κ1) is 19.9. The second-order valence-electron chi connectivity index (χ2n) is 6.74. The average Bonchev–Trinajstić information content (AvgIpc) is 2.48. The molecule has 134 valence electrons. The van der Waals surface area contributed by atoms with Crippen LogP contribution in [0.15, 0.2) is 30.3 Å². The Kier molecular flexibility index (Phi) is 7.67. The van der Waals surface area contributed by atoms with Gasteiger partial charge in [-0.1, -0.05) is 44.2 Å². The highest BCUT2D eigenvalue weighted by Crippen LogP contribution is 2.08. The fourth-order valence-electron chi connectivity index (χ4n) is 1.83. The van der Waals surface area contributed by atoms with Gasteiger partial charge in [0.1, 0.15) is 11.6 Å². The lowest BCUT2D eigenvalue weighted by atomic mass is 10.0. The van der Waals surface area contributed by atoms with E-state index in [2.05, 4.69) is 16.3 Å². The zero-order valence-electron chi connectivity index (χ0n) is 14.9. The summed E-state index contributed by atoms with van der Waals surface area (Å²) in [5.74, 6) is -0.591. The first-order valence-electron chi connectivity index (χ1n) is 7.91. The fourth-order valence-corrected chi connectivity index (χ4v) is 1.83. The zero-order chi connectivity index (χ0) is 18.2. The third-order valence-electron chi connectivity index (χ3n) is 2.96. The molecule has 1 rings (SSSR count). The number of hydroxylamine groups is 2. The van der Waals surface area contributed by atoms with Gasteiger partial charge in [-0.2, -0.15) is 10.4 Å². The highest BCUT2D eigenvalue weighted by molar-refractivity contribution is 5.85. The number of hydrogen-bond acceptors (Lipinski definition) is 5. The van der Waals surface area contributed by atoms with E-state index in [0.717, 1.165) is 5.56 Å². The number of ether oxygens (including phenoxy) is 1. The molecule has 2 amide bonds. The second kappa shape index (κ2) is 9.24. The summed E-state index contributed by atoms with van der Waals surface area (Å²) < 4.78 is 5.17. The summed E-state index contributed by atoms with van der Waals surface area (Å²) in [5, 5.41) is 2.55. The van der Waals surface area contributed by atoms with Gasteiger partial charge >= 0.3 is 6.09 Å². The quantitative estimate of drug-likeness (QED) is 0.525. The summed E-state index contributed by atoms with van der Waals surface area (Å²) in [4.78, 5) is 28.9. The Morgan fingerprint density at radius 2 is 1.75 bits per heavy atom. The highest BCUT2D eigenvalue weighted by Gasteiger charge is 2.27. The molecule has 0 saturated heterocycles. The molecule has 1 aromatic carbocycles. The largest absolute Gasteiger partial charge is 0.444 e. The molecule has 0 spiro atoms. The first-order valence-corrected chi connectivity index (χ1v) is 7.91. The Balaban J connectivity index is 2.41. The second-order valence-corrected chi connectivity index (χ2v) is 6.74. The third kappa shape index (κ3) is 7.94. The van der Waals surface area contributed by atoms with Crippen LogP contribution in [0, 0.1) is 5.92 Å². The molecular weight excluding hydrogens is 310 g/mol. The fraction of sp³-hybridized carbons (Fsp3) is 0.529. The van der Waals surface area contributed by atoms with Gasteiger partial charge < -0.3 is 10.1 Å². The van der Waals surface area contributed by atoms with Crippen molar-refractivity contribution in [3.8, 4) is 0 Å². The van der Waals surface area contributed by atoms with Crippen LogP contribution in [-0.4, -0.2) is 23.6 Å². The van der Waals surface area contributed by atoms with E-state index >= 15 is 0 Å². The molecule has 1 aromatic rings. The Morgan fingerprint density at radius 1 is 1.12 bits per heavy atom. The molecule has 0 saturated carbocycles. The monoisotopic (exact) mass is 337 g/mol. The standard InChI is InChI=1S/C17H27N3O4/c1-12(2)14(19-16(22)23-17(3,4)5)15(21)20-24-18-11-13-9-7-6-8-10-13/h6-10,12,14,18H,11H2,1-5H3,(H,19,22)(H,20,21)/t14-/m0/s1. The summed E-state index contributed by atoms with van der Waals surface area (Å²) in [6.45, 7) is 9.35. The van der Waals surface area contributed by atoms with Crippen molar-refractivity contribution < 1.29 is 19.3 Å². The van der Waals surface area contributed by atoms with Crippen LogP contribution in [0.5, 0.6) is 0 Å². The molecule has 1 atom stereocenters. The summed E-state index contributed by atoms with van der Waals surface area (Å²) in [5.41, 5.74) is 5.31. The van der Waals surface area contributed by atoms with Crippen molar-refractivity contribution in [2.24, 2.45) is 5.92 Å². The SMILES string of the molecule is CC(C)[C@H](NC(=O)OC(C)(C)C)C(=O)NONCc1ccccc1. The van der Waals surface area contributed by atoms with Crippen LogP contribution in [0.1, 0.15) is 40.2 Å². The van der Waals surface area contributed by atoms with E-state index in [9.17, 15) is 9.59 Å². The van der Waals surface area contributed by atoms with E-state index in [0.29, 0.717) is 6.54 Å². The third-order valence-corrected chi connectivity index (χ3v) is 2.96. The first-order chi connectivity index (χ1) is 11.2. The lowest BCUT2D eigenvalue weighted by Gasteiger charge is -2.24. The van der Waals surface area contributed by atoms with Gasteiger partial charge in [0.25, 0.3) is 5.91 Å². The van der Waals surface area contributed by atoms with E-state index in [1.807, 2.05) is 44.2 Å². The molecule has 7 nitrogen and oxygen atoms in total. The number of rotatable bonds is 7. The molecule has 0 bridgehead atoms. The van der Waals surface area contributed by atoms with Gasteiger partial charge in [-0.15, -0.1) is 0 Å². The molecule has 0 heterocycles. The summed E-state index contributed by atoms with van der Waals surface area (Å²) >= 11 is 0. The van der Waals surface area contributed by atoms with Crippen molar-refractivity contribution in [2.45, 2.75) is 52.8 Å². The molecule has 3 N–H and O–H groups in total. The summed E-state index contributed by atoms with van der Waals surface area (Å²) in [7, 11) is 0. The molecule has 7 heteroatoms. The van der Waals surface area contributed by atoms with Crippen molar-refractivity contribution in [3.05, 3.63) is 35.9 Å². The minimum absolute atomic E-state index is 0.129. The molecule has 24 heavy (non-hydrogen) atoms. The van der Waals surface area contributed by atoms with E-state index in [1.54, 1.807) is 20.8 Å². The molecule has 0 aliphatic carbocycles. The molecule has 0 aromatic heterocycles. The summed E-state index contributed by atoms with van der Waals surface area (Å²) in [6.07, 6.45) is -0.645. The van der Waals surface area contributed by atoms with Gasteiger partial charge in [0, 0.05) is 6.54 Å². The van der Waals surface area contributed by atoms with E-state index in [-0.39, 0.29) is 5.92 Å². The minimum Gasteiger partial charge on any atom is -0.444 e. The molecule has 0 fully saturated rings. The van der Waals surface area contributed by atoms with Gasteiger partial charge in [0.05, 0.1) is 0 Å². The van der Waals surface area contributed by atoms with Crippen molar-refractivity contribution >= 4 is 12.0 Å². The molecule has 0 aliphatic heterocycles. The maximum Gasteiger partial charge on any atom is 0.408 e. The topological polar surface area (TPSA) is 88.7 Å². The predicted molar refractivity (Wildman–Crippen MR) is 90.5 cm³/mol. The predicted octanol–water partition coefficient (Wildman–Crippen LogP) is 2.29. The van der Waals surface area contributed by atoms with Gasteiger partial charge in [-0.3, -0.25) is 4.79 Å². The molecule has 0 aliphatic rings. The van der Waals surface area contributed by atoms with Gasteiger partial charge in [0.15, 0.2) is 0 Å². The Morgan fingerprint density at radius 3 is 2.29 bits per heavy atom. The number of carbonyl (C=O) groups is 2. The van der Waals surface area contributed by atoms with E-state index < -0.39 is 23.6 Å². The number of benzene rings is 1. The summed E-state index contributed by atoms with van der Waals surface area (Å²) in [6, 6.07) is 8.84. The lowest BCUT2D eigenvalue weighted by molar-refractivity contribution is -0.144. The maximum absolute atomic E-state index is 12.2. The maximum atomic E-state index is 12.2. The van der Waals surface area contributed by atoms with Crippen molar-refractivity contribution in [1.29, 1.82) is 0 Å². The smallest absolute Gasteiger partial charge is 0.408 e. The van der Waals surface area contributed by atoms with Gasteiger partial charge in [0.2, 0.25) is 0 Å². The van der Waals surface area contributed by atoms with Crippen LogP contribution in [0.4, 0.5) is 4.79 Å². The molecular formula is C17H27N3O4. The normalized spacial score (nSPS) is 12.6. The van der Waals surface area contributed by atoms with Crippen LogP contribution in [0.3, 0.4) is 0 Å². The zero-order valence-corrected chi connectivity index (χ0v) is 14.9. The average molecular weight is 337 g/mol. The Bertz CT molecular complexity index is 526. The van der Waals surface area contributed by atoms with Crippen LogP contribution in [0.25, 0.3) is 0 Å². The minimum atomic E-state index is -0.765. The lowest BCUT2D eigenvalue weighted by Crippen LogP contribution is -2.51. The van der Waals surface area contributed by atoms with Crippen molar-refractivity contribution in [1.82, 2.24) is 16.3 Å². The highest BCUT2D eigenvalue weighted by atomic mass is 16.8. The van der Waals surface area contributed by atoms with Crippen LogP contribution < -0.4 is 16.3 Å². The van der Waals surface area contributed by atoms with Crippen LogP contribution >= 0.6 is 0 Å². The van der Waals surface area contributed by atoms with Gasteiger partial charge in [-0.05, 0) is 32.3 Å². The van der Waals surface area contributed by atoms with Gasteiger partial charge in [-0.25, -0.2) is 10.3 Å². The van der Waals surface area contributed by atoms with Crippen LogP contribution in [0.2, 0.25) is 0 Å².